The molecule has 2 aromatic carbocycles. The lowest BCUT2D eigenvalue weighted by molar-refractivity contribution is -0.120. The van der Waals surface area contributed by atoms with Gasteiger partial charge < -0.3 is 4.90 Å². The van der Waals surface area contributed by atoms with Crippen LogP contribution >= 0.6 is 11.3 Å². The topological polar surface area (TPSA) is 40.6 Å². The molecule has 2 aliphatic rings. The average molecular weight is 401 g/mol. The van der Waals surface area contributed by atoms with Gasteiger partial charge >= 0.3 is 0 Å². The maximum Gasteiger partial charge on any atom is 0.282 e. The van der Waals surface area contributed by atoms with Gasteiger partial charge in [0.15, 0.2) is 0 Å². The van der Waals surface area contributed by atoms with Crippen molar-refractivity contribution in [3.05, 3.63) is 87.7 Å². The third kappa shape index (κ3) is 2.81. The second kappa shape index (κ2) is 7.01. The largest absolute Gasteiger partial charge is 0.336 e. The summed E-state index contributed by atoms with van der Waals surface area (Å²) in [6.45, 7) is 2.65. The van der Waals surface area contributed by atoms with E-state index in [2.05, 4.69) is 6.07 Å². The number of carbonyl (C=O) groups excluding carboxylic acids is 2. The Morgan fingerprint density at radius 1 is 0.862 bits per heavy atom. The van der Waals surface area contributed by atoms with Crippen LogP contribution in [0.25, 0.3) is 5.57 Å². The van der Waals surface area contributed by atoms with Gasteiger partial charge in [-0.3, -0.25) is 9.59 Å². The monoisotopic (exact) mass is 400 g/mol. The number of anilines is 2. The third-order valence-corrected chi connectivity index (χ3v) is 6.45. The van der Waals surface area contributed by atoms with Gasteiger partial charge in [0.25, 0.3) is 11.8 Å². The van der Waals surface area contributed by atoms with Crippen LogP contribution in [0.2, 0.25) is 0 Å². The molecule has 0 radical (unpaired) electrons. The van der Waals surface area contributed by atoms with Gasteiger partial charge in [0.1, 0.15) is 5.70 Å². The van der Waals surface area contributed by atoms with Gasteiger partial charge in [-0.2, -0.15) is 0 Å². The van der Waals surface area contributed by atoms with Crippen molar-refractivity contribution in [2.75, 3.05) is 16.3 Å². The van der Waals surface area contributed by atoms with E-state index < -0.39 is 0 Å². The molecular weight excluding hydrogens is 380 g/mol. The maximum absolute atomic E-state index is 13.7. The molecule has 2 amide bonds. The summed E-state index contributed by atoms with van der Waals surface area (Å²) in [5.74, 6) is -0.491. The minimum atomic E-state index is -0.246. The lowest BCUT2D eigenvalue weighted by atomic mass is 10.00. The van der Waals surface area contributed by atoms with Crippen molar-refractivity contribution < 1.29 is 9.59 Å². The van der Waals surface area contributed by atoms with Crippen molar-refractivity contribution in [1.82, 2.24) is 0 Å². The molecule has 0 spiro atoms. The molecule has 0 N–H and O–H groups in total. The number of fused-ring (bicyclic) bond motifs is 1. The van der Waals surface area contributed by atoms with Crippen molar-refractivity contribution in [1.29, 1.82) is 0 Å². The zero-order valence-electron chi connectivity index (χ0n) is 16.1. The van der Waals surface area contributed by atoms with Gasteiger partial charge in [-0.15, -0.1) is 11.3 Å². The van der Waals surface area contributed by atoms with Crippen LogP contribution in [-0.4, -0.2) is 18.4 Å². The van der Waals surface area contributed by atoms with Crippen molar-refractivity contribution in [2.24, 2.45) is 0 Å². The van der Waals surface area contributed by atoms with E-state index in [0.717, 1.165) is 35.5 Å². The Labute approximate surface area is 173 Å². The van der Waals surface area contributed by atoms with Crippen LogP contribution in [0.4, 0.5) is 11.4 Å². The summed E-state index contributed by atoms with van der Waals surface area (Å²) in [4.78, 5) is 31.5. The van der Waals surface area contributed by atoms with Crippen LogP contribution in [0.1, 0.15) is 22.4 Å². The highest BCUT2D eigenvalue weighted by molar-refractivity contribution is 7.11. The van der Waals surface area contributed by atoms with Gasteiger partial charge in [0.2, 0.25) is 0 Å². The number of hydrogen-bond acceptors (Lipinski definition) is 4. The van der Waals surface area contributed by atoms with Crippen LogP contribution in [0.3, 0.4) is 0 Å². The van der Waals surface area contributed by atoms with E-state index in [1.54, 1.807) is 0 Å². The van der Waals surface area contributed by atoms with Crippen molar-refractivity contribution >= 4 is 40.1 Å². The van der Waals surface area contributed by atoms with E-state index in [1.807, 2.05) is 71.8 Å². The molecule has 29 heavy (non-hydrogen) atoms. The zero-order chi connectivity index (χ0) is 20.0. The molecule has 4 nitrogen and oxygen atoms in total. The number of thiophene rings is 1. The summed E-state index contributed by atoms with van der Waals surface area (Å²) in [6.07, 6.45) is 1.93. The van der Waals surface area contributed by atoms with Crippen molar-refractivity contribution in [3.63, 3.8) is 0 Å². The first-order valence-corrected chi connectivity index (χ1v) is 10.6. The van der Waals surface area contributed by atoms with E-state index in [4.69, 9.17) is 0 Å². The molecule has 0 unspecified atom stereocenters. The number of aryl methyl sites for hydroxylation is 2. The summed E-state index contributed by atoms with van der Waals surface area (Å²) in [6, 6.07) is 19.5. The zero-order valence-corrected chi connectivity index (χ0v) is 16.9. The molecule has 144 valence electrons. The predicted octanol–water partition coefficient (Wildman–Crippen LogP) is 4.79. The summed E-state index contributed by atoms with van der Waals surface area (Å²) >= 11 is 1.49. The van der Waals surface area contributed by atoms with E-state index in [1.165, 1.54) is 21.8 Å². The smallest absolute Gasteiger partial charge is 0.282 e. The quantitative estimate of drug-likeness (QED) is 0.594. The van der Waals surface area contributed by atoms with Crippen LogP contribution < -0.4 is 9.80 Å². The molecular formula is C24H20N2O2S. The molecule has 0 saturated carbocycles. The normalized spacial score (nSPS) is 16.6. The van der Waals surface area contributed by atoms with Crippen LogP contribution in [0, 0.1) is 6.92 Å². The number of nitrogens with zero attached hydrogens (tertiary/aromatic N) is 2. The van der Waals surface area contributed by atoms with Crippen LogP contribution in [0.5, 0.6) is 0 Å². The predicted molar refractivity (Wildman–Crippen MR) is 117 cm³/mol. The number of benzene rings is 2. The Morgan fingerprint density at radius 2 is 1.62 bits per heavy atom. The fraction of sp³-hybridized carbons (Fsp3) is 0.167. The minimum absolute atomic E-state index is 0.246. The number of amides is 2. The molecule has 5 heteroatoms. The minimum Gasteiger partial charge on any atom is -0.336 e. The van der Waals surface area contributed by atoms with Gasteiger partial charge in [-0.25, -0.2) is 4.90 Å². The highest BCUT2D eigenvalue weighted by atomic mass is 32.1. The summed E-state index contributed by atoms with van der Waals surface area (Å²) in [5, 5.41) is 1.94. The van der Waals surface area contributed by atoms with Crippen LogP contribution in [-0.2, 0) is 16.0 Å². The Kier molecular flexibility index (Phi) is 4.32. The molecule has 0 fully saturated rings. The molecule has 0 saturated heterocycles. The Hall–Kier alpha value is -3.18. The summed E-state index contributed by atoms with van der Waals surface area (Å²) in [5.41, 5.74) is 4.79. The first-order chi connectivity index (χ1) is 14.2. The molecule has 3 heterocycles. The molecule has 0 bridgehead atoms. The average Bonchev–Trinajstić information content (AvgIpc) is 3.35. The Balaban J connectivity index is 1.70. The Morgan fingerprint density at radius 3 is 2.38 bits per heavy atom. The fourth-order valence-electron chi connectivity index (χ4n) is 4.21. The second-order valence-electron chi connectivity index (χ2n) is 7.32. The van der Waals surface area contributed by atoms with Crippen molar-refractivity contribution in [2.45, 2.75) is 19.8 Å². The second-order valence-corrected chi connectivity index (χ2v) is 8.26. The number of para-hydroxylation sites is 2. The molecule has 2 aliphatic heterocycles. The van der Waals surface area contributed by atoms with E-state index >= 15 is 0 Å². The van der Waals surface area contributed by atoms with E-state index in [0.29, 0.717) is 17.0 Å². The van der Waals surface area contributed by atoms with Gasteiger partial charge in [0, 0.05) is 17.1 Å². The van der Waals surface area contributed by atoms with Gasteiger partial charge in [-0.05, 0) is 54.5 Å². The Bertz CT molecular complexity index is 1150. The molecule has 0 aliphatic carbocycles. The van der Waals surface area contributed by atoms with Crippen LogP contribution in [0.15, 0.2) is 71.7 Å². The first-order valence-electron chi connectivity index (χ1n) is 9.75. The highest BCUT2D eigenvalue weighted by Crippen LogP contribution is 2.41. The highest BCUT2D eigenvalue weighted by Gasteiger charge is 2.44. The van der Waals surface area contributed by atoms with Gasteiger partial charge in [0.05, 0.1) is 11.3 Å². The number of imide groups is 1. The summed E-state index contributed by atoms with van der Waals surface area (Å²) < 4.78 is 0. The molecule has 0 atom stereocenters. The lowest BCUT2D eigenvalue weighted by Gasteiger charge is -2.32. The number of carbonyl (C=O) groups is 2. The number of rotatable bonds is 3. The summed E-state index contributed by atoms with van der Waals surface area (Å²) in [7, 11) is 0. The molecule has 5 rings (SSSR count). The molecule has 3 aromatic rings. The third-order valence-electron chi connectivity index (χ3n) is 5.56. The SMILES string of the molecule is Cc1ccccc1N1C(=O)C(c2cccs2)=C(N2CCCc3ccccc32)C1=O. The standard InChI is InChI=1S/C24H20N2O2S/c1-16-8-2-4-11-18(16)26-23(27)21(20-13-7-15-29-20)22(24(26)28)25-14-6-10-17-9-3-5-12-19(17)25/h2-5,7-9,11-13,15H,6,10,14H2,1H3. The fourth-order valence-corrected chi connectivity index (χ4v) is 4.97. The maximum atomic E-state index is 13.7. The number of hydrogen-bond donors (Lipinski definition) is 0. The first kappa shape index (κ1) is 17.9. The molecule has 1 aromatic heterocycles. The van der Waals surface area contributed by atoms with Crippen molar-refractivity contribution in [3.8, 4) is 0 Å². The van der Waals surface area contributed by atoms with Gasteiger partial charge in [-0.1, -0.05) is 42.5 Å². The lowest BCUT2D eigenvalue weighted by Crippen LogP contribution is -2.37. The van der Waals surface area contributed by atoms with E-state index in [-0.39, 0.29) is 11.8 Å². The van der Waals surface area contributed by atoms with E-state index in [9.17, 15) is 9.59 Å².